The smallest absolute Gasteiger partial charge is 0.356 e. The summed E-state index contributed by atoms with van der Waals surface area (Å²) in [5.74, 6) is 0.00361. The zero-order valence-corrected chi connectivity index (χ0v) is 14.2. The quantitative estimate of drug-likeness (QED) is 0.890. The molecular formula is C18H25F3N2O. The molecule has 2 atom stereocenters. The molecule has 1 aliphatic heterocycles. The number of likely N-dealkylation sites (tertiary alicyclic amines) is 1. The molecule has 3 nitrogen and oxygen atoms in total. The summed E-state index contributed by atoms with van der Waals surface area (Å²) >= 11 is 0. The molecular weight excluding hydrogens is 317 g/mol. The van der Waals surface area contributed by atoms with E-state index in [1.165, 1.54) is 6.07 Å². The zero-order valence-electron chi connectivity index (χ0n) is 14.2. The van der Waals surface area contributed by atoms with Crippen LogP contribution in [0.15, 0.2) is 24.3 Å². The number of nitrogens with zero attached hydrogens (tertiary/aromatic N) is 1. The van der Waals surface area contributed by atoms with Crippen LogP contribution in [0, 0.1) is 11.8 Å². The molecule has 1 aromatic rings. The second-order valence-electron chi connectivity index (χ2n) is 6.82. The van der Waals surface area contributed by atoms with Crippen molar-refractivity contribution in [1.29, 1.82) is 0 Å². The third kappa shape index (κ3) is 5.51. The molecule has 1 N–H and O–H groups in total. The molecule has 1 heterocycles. The van der Waals surface area contributed by atoms with Gasteiger partial charge < -0.3 is 10.2 Å². The Bertz CT molecular complexity index is 559. The SMILES string of the molecule is C[C@H](Cc1cccc(C(F)(F)F)c1)C(=O)NC[C@H]1CCCN(C)C1. The number of alkyl halides is 3. The van der Waals surface area contributed by atoms with Crippen molar-refractivity contribution in [3.05, 3.63) is 35.4 Å². The fraction of sp³-hybridized carbons (Fsp3) is 0.611. The second-order valence-corrected chi connectivity index (χ2v) is 6.82. The van der Waals surface area contributed by atoms with Crippen LogP contribution in [0.1, 0.15) is 30.9 Å². The molecule has 0 aromatic heterocycles. The van der Waals surface area contributed by atoms with Gasteiger partial charge in [-0.3, -0.25) is 4.79 Å². The van der Waals surface area contributed by atoms with E-state index in [2.05, 4.69) is 17.3 Å². The van der Waals surface area contributed by atoms with Crippen molar-refractivity contribution in [3.8, 4) is 0 Å². The van der Waals surface area contributed by atoms with Crippen LogP contribution in [0.2, 0.25) is 0 Å². The number of benzene rings is 1. The number of amides is 1. The van der Waals surface area contributed by atoms with E-state index >= 15 is 0 Å². The van der Waals surface area contributed by atoms with Crippen LogP contribution in [-0.4, -0.2) is 37.5 Å². The third-order valence-electron chi connectivity index (χ3n) is 4.53. The van der Waals surface area contributed by atoms with Gasteiger partial charge in [0.25, 0.3) is 0 Å². The molecule has 0 spiro atoms. The Hall–Kier alpha value is -1.56. The van der Waals surface area contributed by atoms with E-state index in [4.69, 9.17) is 0 Å². The first-order chi connectivity index (χ1) is 11.3. The van der Waals surface area contributed by atoms with Crippen LogP contribution in [-0.2, 0) is 17.4 Å². The van der Waals surface area contributed by atoms with Crippen molar-refractivity contribution < 1.29 is 18.0 Å². The molecule has 0 radical (unpaired) electrons. The molecule has 0 bridgehead atoms. The number of nitrogens with one attached hydrogen (secondary N) is 1. The van der Waals surface area contributed by atoms with Crippen LogP contribution in [0.25, 0.3) is 0 Å². The number of hydrogen-bond acceptors (Lipinski definition) is 2. The lowest BCUT2D eigenvalue weighted by Crippen LogP contribution is -2.40. The standard InChI is InChI=1S/C18H25F3N2O/c1-13(9-14-5-3-7-16(10-14)18(19,20)21)17(24)22-11-15-6-4-8-23(2)12-15/h3,5,7,10,13,15H,4,6,8-9,11-12H2,1-2H3,(H,22,24)/t13-,15-/m1/s1. The summed E-state index contributed by atoms with van der Waals surface area (Å²) in [6.45, 7) is 4.46. The highest BCUT2D eigenvalue weighted by molar-refractivity contribution is 5.78. The molecule has 0 saturated carbocycles. The van der Waals surface area contributed by atoms with Crippen LogP contribution in [0.4, 0.5) is 13.2 Å². The van der Waals surface area contributed by atoms with E-state index in [0.29, 0.717) is 24.4 Å². The maximum Gasteiger partial charge on any atom is 0.416 e. The molecule has 1 fully saturated rings. The lowest BCUT2D eigenvalue weighted by molar-refractivity contribution is -0.137. The van der Waals surface area contributed by atoms with Gasteiger partial charge in [0.05, 0.1) is 5.56 Å². The number of piperidine rings is 1. The normalized spacial score (nSPS) is 20.6. The number of carbonyl (C=O) groups excluding carboxylic acids is 1. The van der Waals surface area contributed by atoms with Crippen molar-refractivity contribution in [1.82, 2.24) is 10.2 Å². The van der Waals surface area contributed by atoms with E-state index in [9.17, 15) is 18.0 Å². The van der Waals surface area contributed by atoms with Gasteiger partial charge in [0.2, 0.25) is 5.91 Å². The minimum atomic E-state index is -4.35. The van der Waals surface area contributed by atoms with Gasteiger partial charge in [-0.1, -0.05) is 25.1 Å². The Kier molecular flexibility index (Phi) is 6.27. The van der Waals surface area contributed by atoms with Crippen molar-refractivity contribution in [2.75, 3.05) is 26.7 Å². The average molecular weight is 342 g/mol. The summed E-state index contributed by atoms with van der Waals surface area (Å²) < 4.78 is 38.2. The first-order valence-corrected chi connectivity index (χ1v) is 8.38. The Morgan fingerprint density at radius 3 is 2.83 bits per heavy atom. The minimum absolute atomic E-state index is 0.0966. The predicted octanol–water partition coefficient (Wildman–Crippen LogP) is 3.34. The Balaban J connectivity index is 1.85. The zero-order chi connectivity index (χ0) is 17.7. The topological polar surface area (TPSA) is 32.3 Å². The van der Waals surface area contributed by atoms with E-state index in [0.717, 1.165) is 38.1 Å². The van der Waals surface area contributed by atoms with Crippen molar-refractivity contribution >= 4 is 5.91 Å². The molecule has 1 aromatic carbocycles. The fourth-order valence-corrected chi connectivity index (χ4v) is 3.18. The van der Waals surface area contributed by atoms with Crippen molar-refractivity contribution in [3.63, 3.8) is 0 Å². The van der Waals surface area contributed by atoms with E-state index < -0.39 is 11.7 Å². The summed E-state index contributed by atoms with van der Waals surface area (Å²) in [5.41, 5.74) is -0.136. The summed E-state index contributed by atoms with van der Waals surface area (Å²) in [6, 6.07) is 5.20. The summed E-state index contributed by atoms with van der Waals surface area (Å²) in [6.07, 6.45) is -1.81. The summed E-state index contributed by atoms with van der Waals surface area (Å²) in [5, 5.41) is 2.95. The number of halogens is 3. The molecule has 1 amide bonds. The molecule has 2 rings (SSSR count). The van der Waals surface area contributed by atoms with Gasteiger partial charge in [-0.05, 0) is 50.4 Å². The van der Waals surface area contributed by atoms with Crippen LogP contribution in [0.5, 0.6) is 0 Å². The molecule has 0 unspecified atom stereocenters. The number of carbonyl (C=O) groups is 1. The maximum absolute atomic E-state index is 12.7. The van der Waals surface area contributed by atoms with Crippen LogP contribution in [0.3, 0.4) is 0 Å². The van der Waals surface area contributed by atoms with E-state index in [-0.39, 0.29) is 11.8 Å². The molecule has 1 aliphatic rings. The van der Waals surface area contributed by atoms with Gasteiger partial charge in [-0.25, -0.2) is 0 Å². The second kappa shape index (κ2) is 8.01. The largest absolute Gasteiger partial charge is 0.416 e. The maximum atomic E-state index is 12.7. The highest BCUT2D eigenvalue weighted by atomic mass is 19.4. The van der Waals surface area contributed by atoms with Gasteiger partial charge >= 0.3 is 6.18 Å². The van der Waals surface area contributed by atoms with Gasteiger partial charge in [0.15, 0.2) is 0 Å². The number of rotatable bonds is 5. The van der Waals surface area contributed by atoms with Gasteiger partial charge in [-0.2, -0.15) is 13.2 Å². The fourth-order valence-electron chi connectivity index (χ4n) is 3.18. The van der Waals surface area contributed by atoms with Crippen molar-refractivity contribution in [2.24, 2.45) is 11.8 Å². The molecule has 6 heteroatoms. The van der Waals surface area contributed by atoms with Gasteiger partial charge in [0.1, 0.15) is 0 Å². The third-order valence-corrected chi connectivity index (χ3v) is 4.53. The van der Waals surface area contributed by atoms with Gasteiger partial charge in [0, 0.05) is 19.0 Å². The molecule has 24 heavy (non-hydrogen) atoms. The van der Waals surface area contributed by atoms with Crippen LogP contribution < -0.4 is 5.32 Å². The number of hydrogen-bond donors (Lipinski definition) is 1. The van der Waals surface area contributed by atoms with E-state index in [1.807, 2.05) is 0 Å². The average Bonchev–Trinajstić information content (AvgIpc) is 2.52. The summed E-state index contributed by atoms with van der Waals surface area (Å²) in [7, 11) is 2.07. The molecule has 0 aliphatic carbocycles. The Labute approximate surface area is 141 Å². The molecule has 1 saturated heterocycles. The highest BCUT2D eigenvalue weighted by Crippen LogP contribution is 2.30. The first kappa shape index (κ1) is 18.8. The van der Waals surface area contributed by atoms with Crippen molar-refractivity contribution in [2.45, 2.75) is 32.4 Å². The predicted molar refractivity (Wildman–Crippen MR) is 87.5 cm³/mol. The monoisotopic (exact) mass is 342 g/mol. The van der Waals surface area contributed by atoms with Gasteiger partial charge in [-0.15, -0.1) is 0 Å². The Morgan fingerprint density at radius 2 is 2.17 bits per heavy atom. The highest BCUT2D eigenvalue weighted by Gasteiger charge is 2.30. The first-order valence-electron chi connectivity index (χ1n) is 8.38. The molecule has 134 valence electrons. The van der Waals surface area contributed by atoms with E-state index in [1.54, 1.807) is 13.0 Å². The lowest BCUT2D eigenvalue weighted by atomic mass is 9.96. The lowest BCUT2D eigenvalue weighted by Gasteiger charge is -2.30. The van der Waals surface area contributed by atoms with Crippen LogP contribution >= 0.6 is 0 Å². The summed E-state index contributed by atoms with van der Waals surface area (Å²) in [4.78, 5) is 14.5. The minimum Gasteiger partial charge on any atom is -0.356 e. The Morgan fingerprint density at radius 1 is 1.42 bits per heavy atom.